The summed E-state index contributed by atoms with van der Waals surface area (Å²) in [4.78, 5) is 65.4. The molecule has 2 aromatic carbocycles. The van der Waals surface area contributed by atoms with Gasteiger partial charge in [0.25, 0.3) is 0 Å². The number of nitrogens with two attached hydrogens (primary N) is 1. The summed E-state index contributed by atoms with van der Waals surface area (Å²) in [6, 6.07) is 10.4. The third kappa shape index (κ3) is 10.6. The number of esters is 1. The van der Waals surface area contributed by atoms with Gasteiger partial charge in [0.05, 0.1) is 28.3 Å². The molecule has 0 aromatic heterocycles. The van der Waals surface area contributed by atoms with E-state index in [0.29, 0.717) is 48.3 Å². The summed E-state index contributed by atoms with van der Waals surface area (Å²) in [6.07, 6.45) is 2.33. The molecule has 46 heavy (non-hydrogen) atoms. The number of carbonyl (C=O) groups excluding carboxylic acids is 4. The number of likely N-dealkylation sites (tertiary alicyclic amines) is 1. The highest BCUT2D eigenvalue weighted by atomic mass is 35.5. The van der Waals surface area contributed by atoms with E-state index in [2.05, 4.69) is 10.6 Å². The van der Waals surface area contributed by atoms with Gasteiger partial charge in [-0.2, -0.15) is 0 Å². The molecule has 0 aliphatic carbocycles. The number of unbranched alkanes of at least 4 members (excludes halogenated alkanes) is 1. The van der Waals surface area contributed by atoms with Crippen molar-refractivity contribution in [2.75, 3.05) is 13.2 Å². The van der Waals surface area contributed by atoms with Crippen molar-refractivity contribution < 1.29 is 33.8 Å². The van der Waals surface area contributed by atoms with Gasteiger partial charge >= 0.3 is 11.9 Å². The van der Waals surface area contributed by atoms with Crippen molar-refractivity contribution >= 4 is 65.3 Å². The van der Waals surface area contributed by atoms with Gasteiger partial charge in [-0.3, -0.25) is 14.4 Å². The Balaban J connectivity index is 0.00000736. The lowest BCUT2D eigenvalue weighted by atomic mass is 9.95. The molecule has 0 radical (unpaired) electrons. The summed E-state index contributed by atoms with van der Waals surface area (Å²) >= 11 is 12.2. The van der Waals surface area contributed by atoms with Crippen molar-refractivity contribution in [3.05, 3.63) is 69.7 Å². The Hall–Kier alpha value is -3.38. The summed E-state index contributed by atoms with van der Waals surface area (Å²) in [5, 5.41) is 15.7. The van der Waals surface area contributed by atoms with E-state index in [1.165, 1.54) is 11.8 Å². The van der Waals surface area contributed by atoms with E-state index in [-0.39, 0.29) is 43.4 Å². The van der Waals surface area contributed by atoms with Crippen LogP contribution >= 0.6 is 35.6 Å². The first-order chi connectivity index (χ1) is 21.4. The molecule has 0 saturated carbocycles. The quantitative estimate of drug-likeness (QED) is 0.159. The summed E-state index contributed by atoms with van der Waals surface area (Å²) < 4.78 is 5.26. The predicted octanol–water partition coefficient (Wildman–Crippen LogP) is 4.16. The Kier molecular flexibility index (Phi) is 15.3. The molecule has 1 saturated heterocycles. The first-order valence-electron chi connectivity index (χ1n) is 14.9. The first-order valence-corrected chi connectivity index (χ1v) is 15.7. The number of carboxylic acid groups (broad SMARTS) is 1. The highest BCUT2D eigenvalue weighted by molar-refractivity contribution is 6.42. The summed E-state index contributed by atoms with van der Waals surface area (Å²) in [7, 11) is 0. The molecule has 1 heterocycles. The molecule has 4 atom stereocenters. The Morgan fingerprint density at radius 2 is 1.78 bits per heavy atom. The van der Waals surface area contributed by atoms with Gasteiger partial charge in [-0.15, -0.1) is 12.4 Å². The van der Waals surface area contributed by atoms with Crippen LogP contribution in [-0.2, 0) is 30.3 Å². The maximum absolute atomic E-state index is 13.6. The van der Waals surface area contributed by atoms with Crippen LogP contribution < -0.4 is 16.4 Å². The van der Waals surface area contributed by atoms with Crippen molar-refractivity contribution in [2.45, 2.75) is 82.5 Å². The summed E-state index contributed by atoms with van der Waals surface area (Å²) in [6.45, 7) is 3.66. The number of halogens is 3. The molecule has 0 bridgehead atoms. The third-order valence-corrected chi connectivity index (χ3v) is 8.68. The molecule has 1 aliphatic heterocycles. The second-order valence-electron chi connectivity index (χ2n) is 11.3. The minimum absolute atomic E-state index is 0. The minimum Gasteiger partial charge on any atom is -0.480 e. The molecular weight excluding hydrogens is 659 g/mol. The second-order valence-corrected chi connectivity index (χ2v) is 12.1. The van der Waals surface area contributed by atoms with Crippen LogP contribution in [0.3, 0.4) is 0 Å². The predicted molar refractivity (Wildman–Crippen MR) is 177 cm³/mol. The van der Waals surface area contributed by atoms with Crippen molar-refractivity contribution in [1.29, 1.82) is 0 Å². The topological polar surface area (TPSA) is 168 Å². The molecule has 3 rings (SSSR count). The highest BCUT2D eigenvalue weighted by Gasteiger charge is 2.41. The average molecular weight is 700 g/mol. The zero-order valence-electron chi connectivity index (χ0n) is 25.8. The van der Waals surface area contributed by atoms with E-state index in [4.69, 9.17) is 33.7 Å². The highest BCUT2D eigenvalue weighted by Crippen LogP contribution is 2.25. The van der Waals surface area contributed by atoms with Gasteiger partial charge in [0.1, 0.15) is 17.6 Å². The van der Waals surface area contributed by atoms with E-state index in [9.17, 15) is 29.1 Å². The van der Waals surface area contributed by atoms with Gasteiger partial charge in [0.15, 0.2) is 0 Å². The van der Waals surface area contributed by atoms with E-state index in [1.807, 2.05) is 0 Å². The van der Waals surface area contributed by atoms with Gasteiger partial charge in [-0.1, -0.05) is 54.4 Å². The van der Waals surface area contributed by atoms with Crippen molar-refractivity contribution in [1.82, 2.24) is 15.5 Å². The van der Waals surface area contributed by atoms with E-state index in [0.717, 1.165) is 0 Å². The maximum Gasteiger partial charge on any atom is 0.338 e. The lowest BCUT2D eigenvalue weighted by molar-refractivity contribution is -0.149. The van der Waals surface area contributed by atoms with E-state index >= 15 is 0 Å². The molecule has 0 spiro atoms. The Labute approximate surface area is 284 Å². The van der Waals surface area contributed by atoms with Crippen LogP contribution in [-0.4, -0.2) is 76.5 Å². The van der Waals surface area contributed by atoms with Crippen LogP contribution in [0.4, 0.5) is 0 Å². The van der Waals surface area contributed by atoms with Crippen LogP contribution in [0.2, 0.25) is 10.0 Å². The Morgan fingerprint density at radius 3 is 2.41 bits per heavy atom. The Morgan fingerprint density at radius 1 is 1.09 bits per heavy atom. The van der Waals surface area contributed by atoms with E-state index in [1.54, 1.807) is 55.5 Å². The molecular formula is C32H41Cl3N4O7. The molecule has 252 valence electrons. The fraction of sp³-hybridized carbons (Fsp3) is 0.469. The number of carbonyl (C=O) groups is 5. The van der Waals surface area contributed by atoms with Crippen molar-refractivity contribution in [3.63, 3.8) is 0 Å². The fourth-order valence-corrected chi connectivity index (χ4v) is 5.32. The van der Waals surface area contributed by atoms with E-state index < -0.39 is 53.3 Å². The summed E-state index contributed by atoms with van der Waals surface area (Å²) in [5.74, 6) is -3.26. The molecule has 1 aliphatic rings. The van der Waals surface area contributed by atoms with Crippen molar-refractivity contribution in [2.24, 2.45) is 5.73 Å². The maximum atomic E-state index is 13.6. The van der Waals surface area contributed by atoms with Crippen LogP contribution in [0.15, 0.2) is 48.5 Å². The number of hydrogen-bond acceptors (Lipinski definition) is 7. The molecule has 14 heteroatoms. The number of rotatable bonds is 15. The zero-order chi connectivity index (χ0) is 33.1. The fourth-order valence-electron chi connectivity index (χ4n) is 5.00. The minimum atomic E-state index is -1.42. The average Bonchev–Trinajstić information content (AvgIpc) is 3.52. The standard InChI is InChI=1S/C32H40Cl2N4O7.ClH/c1-3-32(2,37-27(39)24(35)12-7-8-17-45-30(43)21-10-5-4-6-11-21)31(44)36-25(19-20-14-15-22(33)23(34)18-20)28(40)38-16-9-13-26(38)29(41)42;/h4-6,10-11,14-15,18,24-26H,3,7-9,12-13,16-17,19,35H2,1-2H3,(H,36,44)(H,37,39)(H,41,42);1H/t24-,25?,26+,32-;/m0./s1. The molecule has 1 unspecified atom stereocenters. The van der Waals surface area contributed by atoms with Crippen LogP contribution in [0.25, 0.3) is 0 Å². The molecule has 5 N–H and O–H groups in total. The number of benzene rings is 2. The molecule has 1 fully saturated rings. The number of carboxylic acids is 1. The van der Waals surface area contributed by atoms with Gasteiger partial charge in [0.2, 0.25) is 17.7 Å². The van der Waals surface area contributed by atoms with Crippen LogP contribution in [0.1, 0.15) is 68.3 Å². The Bertz CT molecular complexity index is 1380. The van der Waals surface area contributed by atoms with Gasteiger partial charge < -0.3 is 31.1 Å². The van der Waals surface area contributed by atoms with Gasteiger partial charge in [0, 0.05) is 13.0 Å². The zero-order valence-corrected chi connectivity index (χ0v) is 28.1. The first kappa shape index (κ1) is 38.8. The lowest BCUT2D eigenvalue weighted by Gasteiger charge is -2.33. The lowest BCUT2D eigenvalue weighted by Crippen LogP contribution is -2.63. The van der Waals surface area contributed by atoms with Gasteiger partial charge in [-0.05, 0) is 75.3 Å². The van der Waals surface area contributed by atoms with Crippen LogP contribution in [0.5, 0.6) is 0 Å². The largest absolute Gasteiger partial charge is 0.480 e. The number of ether oxygens (including phenoxy) is 1. The molecule has 11 nitrogen and oxygen atoms in total. The second kappa shape index (κ2) is 18.1. The monoisotopic (exact) mass is 698 g/mol. The van der Waals surface area contributed by atoms with Gasteiger partial charge in [-0.25, -0.2) is 9.59 Å². The third-order valence-electron chi connectivity index (χ3n) is 7.94. The normalized spacial score (nSPS) is 16.7. The SMILES string of the molecule is CC[C@](C)(NC(=O)[C@@H](N)CCCCOC(=O)c1ccccc1)C(=O)NC(Cc1ccc(Cl)c(Cl)c1)C(=O)N1CCC[C@@H]1C(=O)O.Cl. The molecule has 2 aromatic rings. The summed E-state index contributed by atoms with van der Waals surface area (Å²) in [5.41, 5.74) is 5.76. The van der Waals surface area contributed by atoms with Crippen LogP contribution in [0, 0.1) is 0 Å². The smallest absolute Gasteiger partial charge is 0.338 e. The number of nitrogens with zero attached hydrogens (tertiary/aromatic N) is 1. The number of nitrogens with one attached hydrogen (secondary N) is 2. The number of aliphatic carboxylic acids is 1. The molecule has 3 amide bonds. The van der Waals surface area contributed by atoms with Crippen molar-refractivity contribution in [3.8, 4) is 0 Å². The number of amides is 3. The number of hydrogen-bond donors (Lipinski definition) is 4.